The van der Waals surface area contributed by atoms with Crippen molar-refractivity contribution in [1.29, 1.82) is 5.16 Å². The van der Waals surface area contributed by atoms with Gasteiger partial charge in [0.25, 0.3) is 0 Å². The molecule has 0 aromatic rings. The standard InChI is InChI=1S/CH6N4P2/c1-3-4-7-5-6-2/h7H,1H3,(H2,2,5). The molecule has 0 aromatic heterocycles. The third kappa shape index (κ3) is 6.09. The molecule has 0 rings (SSSR count). The zero-order valence-electron chi connectivity index (χ0n) is 3.84. The fourth-order valence-electron chi connectivity index (χ4n) is 0.0974. The predicted molar refractivity (Wildman–Crippen MR) is 31.9 cm³/mol. The van der Waals surface area contributed by atoms with E-state index in [0.29, 0.717) is 8.52 Å². The first kappa shape index (κ1) is 7.09. The summed E-state index contributed by atoms with van der Waals surface area (Å²) in [5, 5.41) is 10.0. The highest BCUT2D eigenvalue weighted by Gasteiger charge is 1.68. The van der Waals surface area contributed by atoms with Gasteiger partial charge in [-0.25, -0.2) is 4.86 Å². The molecule has 4 nitrogen and oxygen atoms in total. The van der Waals surface area contributed by atoms with Gasteiger partial charge >= 0.3 is 0 Å². The molecule has 1 unspecified atom stereocenters. The second-order valence-corrected chi connectivity index (χ2v) is 2.18. The molecule has 0 aliphatic carbocycles. The molecular formula is CH6N4P2. The Hall–Kier alpha value is 0.0900. The van der Waals surface area contributed by atoms with Crippen LogP contribution in [0.2, 0.25) is 0 Å². The minimum Gasteiger partial charge on any atom is -0.269 e. The van der Waals surface area contributed by atoms with Crippen LogP contribution in [0.15, 0.2) is 10.00 Å². The fourth-order valence-corrected chi connectivity index (χ4v) is 0.576. The molecule has 0 heterocycles. The molecule has 0 saturated heterocycles. The van der Waals surface area contributed by atoms with Crippen molar-refractivity contribution in [1.82, 2.24) is 4.86 Å². The van der Waals surface area contributed by atoms with Crippen molar-refractivity contribution >= 4 is 17.4 Å². The summed E-state index contributed by atoms with van der Waals surface area (Å²) in [7, 11) is 2.26. The molecular weight excluding hydrogens is 130 g/mol. The number of hydrogen-bond acceptors (Lipinski definition) is 3. The van der Waals surface area contributed by atoms with E-state index in [1.807, 2.05) is 0 Å². The molecule has 0 bridgehead atoms. The lowest BCUT2D eigenvalue weighted by atomic mass is 11.6. The average molecular weight is 136 g/mol. The molecule has 1 atom stereocenters. The maximum atomic E-state index is 6.55. The van der Waals surface area contributed by atoms with Gasteiger partial charge in [-0.1, -0.05) is 0 Å². The second kappa shape index (κ2) is 6.09. The summed E-state index contributed by atoms with van der Waals surface area (Å²) in [6.07, 6.45) is 0. The van der Waals surface area contributed by atoms with Crippen LogP contribution in [0.25, 0.3) is 0 Å². The van der Waals surface area contributed by atoms with Crippen molar-refractivity contribution in [2.45, 2.75) is 0 Å². The number of rotatable bonds is 3. The monoisotopic (exact) mass is 136 g/mol. The quantitative estimate of drug-likeness (QED) is 0.346. The van der Waals surface area contributed by atoms with E-state index in [4.69, 9.17) is 5.16 Å². The van der Waals surface area contributed by atoms with Gasteiger partial charge in [-0.15, -0.1) is 0 Å². The first-order chi connectivity index (χ1) is 3.41. The minimum absolute atomic E-state index is 0.241. The van der Waals surface area contributed by atoms with Crippen LogP contribution in [0.5, 0.6) is 0 Å². The molecule has 0 aliphatic heterocycles. The van der Waals surface area contributed by atoms with E-state index in [0.717, 1.165) is 0 Å². The summed E-state index contributed by atoms with van der Waals surface area (Å²) < 4.78 is 0. The Balaban J connectivity index is 2.82. The smallest absolute Gasteiger partial charge is 0.105 e. The van der Waals surface area contributed by atoms with Gasteiger partial charge in [-0.2, -0.15) is 10.00 Å². The van der Waals surface area contributed by atoms with E-state index in [1.54, 1.807) is 7.05 Å². The summed E-state index contributed by atoms with van der Waals surface area (Å²) in [6, 6.07) is 0. The number of nitrogens with one attached hydrogen (secondary N) is 2. The van der Waals surface area contributed by atoms with Gasteiger partial charge in [0.1, 0.15) is 8.88 Å². The third-order valence-electron chi connectivity index (χ3n) is 0.256. The second-order valence-electron chi connectivity index (χ2n) is 0.635. The Morgan fingerprint density at radius 2 is 2.57 bits per heavy atom. The van der Waals surface area contributed by atoms with Crippen molar-refractivity contribution in [3.63, 3.8) is 0 Å². The van der Waals surface area contributed by atoms with Crippen LogP contribution < -0.4 is 4.86 Å². The number of nitrogens with zero attached hydrogens (tertiary/aromatic N) is 2. The van der Waals surface area contributed by atoms with Crippen LogP contribution in [-0.4, -0.2) is 7.05 Å². The SMILES string of the molecule is CN=NPNP=N. The van der Waals surface area contributed by atoms with E-state index in [9.17, 15) is 0 Å². The lowest BCUT2D eigenvalue weighted by molar-refractivity contribution is 1.24. The zero-order chi connectivity index (χ0) is 5.54. The molecule has 0 fully saturated rings. The Labute approximate surface area is 45.4 Å². The maximum Gasteiger partial charge on any atom is 0.105 e. The molecule has 40 valence electrons. The highest BCUT2D eigenvalue weighted by atomic mass is 31.1. The molecule has 6 heteroatoms. The molecule has 0 spiro atoms. The van der Waals surface area contributed by atoms with E-state index in [1.165, 1.54) is 0 Å². The molecule has 0 aliphatic rings. The van der Waals surface area contributed by atoms with Gasteiger partial charge in [0.05, 0.1) is 8.52 Å². The molecule has 2 N–H and O–H groups in total. The predicted octanol–water partition coefficient (Wildman–Crippen LogP) is 1.79. The van der Waals surface area contributed by atoms with E-state index in [2.05, 4.69) is 14.9 Å². The molecule has 0 aromatic carbocycles. The summed E-state index contributed by atoms with van der Waals surface area (Å²) in [6.45, 7) is 0. The van der Waals surface area contributed by atoms with Crippen molar-refractivity contribution in [2.24, 2.45) is 10.00 Å². The molecule has 0 saturated carbocycles. The molecule has 0 radical (unpaired) electrons. The van der Waals surface area contributed by atoms with Crippen LogP contribution in [0, 0.1) is 5.16 Å². The van der Waals surface area contributed by atoms with Gasteiger partial charge in [0.15, 0.2) is 0 Å². The molecule has 0 amide bonds. The van der Waals surface area contributed by atoms with Crippen molar-refractivity contribution in [2.75, 3.05) is 7.05 Å². The van der Waals surface area contributed by atoms with E-state index >= 15 is 0 Å². The fraction of sp³-hybridized carbons (Fsp3) is 1.00. The van der Waals surface area contributed by atoms with Gasteiger partial charge in [0.2, 0.25) is 0 Å². The Kier molecular flexibility index (Phi) is 6.17. The highest BCUT2D eigenvalue weighted by molar-refractivity contribution is 7.45. The zero-order valence-corrected chi connectivity index (χ0v) is 5.74. The lowest BCUT2D eigenvalue weighted by Crippen LogP contribution is -1.69. The summed E-state index contributed by atoms with van der Waals surface area (Å²) in [4.78, 5) is 6.23. The first-order valence-corrected chi connectivity index (χ1v) is 3.41. The lowest BCUT2D eigenvalue weighted by Gasteiger charge is -1.80. The van der Waals surface area contributed by atoms with Crippen molar-refractivity contribution in [3.05, 3.63) is 0 Å². The normalized spacial score (nSPS) is 12.7. The van der Waals surface area contributed by atoms with Crippen LogP contribution in [0.1, 0.15) is 0 Å². The average Bonchev–Trinajstić information content (AvgIpc) is 1.69. The van der Waals surface area contributed by atoms with Crippen molar-refractivity contribution < 1.29 is 0 Å². The number of hydrogen-bond donors (Lipinski definition) is 2. The van der Waals surface area contributed by atoms with E-state index < -0.39 is 0 Å². The Morgan fingerprint density at radius 3 is 3.00 bits per heavy atom. The summed E-state index contributed by atoms with van der Waals surface area (Å²) in [5.41, 5.74) is 0. The largest absolute Gasteiger partial charge is 0.269 e. The van der Waals surface area contributed by atoms with Crippen molar-refractivity contribution in [3.8, 4) is 0 Å². The van der Waals surface area contributed by atoms with Gasteiger partial charge in [-0.05, 0) is 0 Å². The highest BCUT2D eigenvalue weighted by Crippen LogP contribution is 2.08. The Morgan fingerprint density at radius 1 is 1.86 bits per heavy atom. The van der Waals surface area contributed by atoms with Crippen LogP contribution in [0.3, 0.4) is 0 Å². The van der Waals surface area contributed by atoms with Crippen LogP contribution >= 0.6 is 17.4 Å². The van der Waals surface area contributed by atoms with E-state index in [-0.39, 0.29) is 8.88 Å². The first-order valence-electron chi connectivity index (χ1n) is 1.57. The van der Waals surface area contributed by atoms with Crippen LogP contribution in [0.4, 0.5) is 0 Å². The Bertz CT molecular complexity index is 70.1. The third-order valence-corrected chi connectivity index (χ3v) is 1.40. The van der Waals surface area contributed by atoms with Gasteiger partial charge < -0.3 is 0 Å². The van der Waals surface area contributed by atoms with Gasteiger partial charge in [0, 0.05) is 7.05 Å². The maximum absolute atomic E-state index is 6.55. The summed E-state index contributed by atoms with van der Waals surface area (Å²) >= 11 is 0. The van der Waals surface area contributed by atoms with Crippen LogP contribution in [-0.2, 0) is 0 Å². The minimum atomic E-state index is 0.241. The summed E-state index contributed by atoms with van der Waals surface area (Å²) in [5.74, 6) is 0. The van der Waals surface area contributed by atoms with Gasteiger partial charge in [-0.3, -0.25) is 5.16 Å². The molecule has 7 heavy (non-hydrogen) atoms. The topological polar surface area (TPSA) is 60.6 Å².